The zero-order valence-electron chi connectivity index (χ0n) is 11.3. The maximum atomic E-state index is 11.4. The van der Waals surface area contributed by atoms with Crippen molar-refractivity contribution in [3.63, 3.8) is 0 Å². The minimum Gasteiger partial charge on any atom is -0.544 e. The van der Waals surface area contributed by atoms with E-state index in [-0.39, 0.29) is 4.88 Å². The summed E-state index contributed by atoms with van der Waals surface area (Å²) in [5.41, 5.74) is 2.27. The first-order valence-corrected chi connectivity index (χ1v) is 7.20. The Bertz CT molecular complexity index is 775. The van der Waals surface area contributed by atoms with Gasteiger partial charge >= 0.3 is 0 Å². The Balaban J connectivity index is 2.27. The fourth-order valence-corrected chi connectivity index (χ4v) is 3.19. The van der Waals surface area contributed by atoms with E-state index in [1.54, 1.807) is 11.7 Å². The predicted octanol–water partition coefficient (Wildman–Crippen LogP) is 2.58. The summed E-state index contributed by atoms with van der Waals surface area (Å²) in [6, 6.07) is 11.2. The first-order valence-electron chi connectivity index (χ1n) is 6.32. The summed E-state index contributed by atoms with van der Waals surface area (Å²) >= 11 is 1.16. The number of methoxy groups -OCH3 is 1. The van der Waals surface area contributed by atoms with Crippen LogP contribution < -0.4 is 9.84 Å². The highest BCUT2D eigenvalue weighted by molar-refractivity contribution is 7.13. The topological polar surface area (TPSA) is 54.3 Å². The zero-order valence-corrected chi connectivity index (χ0v) is 12.1. The molecule has 5 heteroatoms. The Kier molecular flexibility index (Phi) is 3.50. The van der Waals surface area contributed by atoms with E-state index in [1.165, 1.54) is 0 Å². The molecule has 0 radical (unpaired) electrons. The number of carboxylic acids is 1. The van der Waals surface area contributed by atoms with Crippen molar-refractivity contribution in [3.05, 3.63) is 59.0 Å². The molecule has 2 heterocycles. The fraction of sp³-hybridized carbons (Fsp3) is 0.0625. The lowest BCUT2D eigenvalue weighted by molar-refractivity contribution is -0.254. The van der Waals surface area contributed by atoms with Gasteiger partial charge in [0.2, 0.25) is 0 Å². The number of carbonyl (C=O) groups excluding carboxylic acids is 1. The van der Waals surface area contributed by atoms with Crippen LogP contribution in [0, 0.1) is 0 Å². The van der Waals surface area contributed by atoms with Gasteiger partial charge in [0, 0.05) is 28.9 Å². The Labute approximate surface area is 125 Å². The average molecular weight is 298 g/mol. The lowest BCUT2D eigenvalue weighted by atomic mass is 10.1. The molecule has 0 bridgehead atoms. The average Bonchev–Trinajstić information content (AvgIpc) is 3.15. The van der Waals surface area contributed by atoms with Crippen molar-refractivity contribution in [2.75, 3.05) is 7.11 Å². The molecule has 21 heavy (non-hydrogen) atoms. The monoisotopic (exact) mass is 298 g/mol. The van der Waals surface area contributed by atoms with Crippen molar-refractivity contribution in [2.24, 2.45) is 0 Å². The van der Waals surface area contributed by atoms with Gasteiger partial charge < -0.3 is 19.2 Å². The van der Waals surface area contributed by atoms with Gasteiger partial charge in [-0.15, -0.1) is 11.3 Å². The van der Waals surface area contributed by atoms with E-state index in [0.717, 1.165) is 22.5 Å². The smallest absolute Gasteiger partial charge is 0.126 e. The first-order chi connectivity index (χ1) is 10.2. The molecule has 0 N–H and O–H groups in total. The van der Waals surface area contributed by atoms with E-state index in [0.29, 0.717) is 11.4 Å². The molecule has 0 aliphatic carbocycles. The van der Waals surface area contributed by atoms with Gasteiger partial charge in [-0.05, 0) is 18.2 Å². The molecule has 0 aliphatic heterocycles. The minimum absolute atomic E-state index is 0.201. The number of aromatic nitrogens is 1. The number of ether oxygens (including phenoxy) is 1. The third-order valence-corrected chi connectivity index (χ3v) is 4.16. The number of thiophene rings is 1. The van der Waals surface area contributed by atoms with Crippen LogP contribution in [0.15, 0.2) is 54.2 Å². The lowest BCUT2D eigenvalue weighted by Gasteiger charge is -2.12. The number of nitrogens with zero attached hydrogens (tertiary/aromatic N) is 1. The number of benzene rings is 1. The number of para-hydroxylation sites is 1. The lowest BCUT2D eigenvalue weighted by Crippen LogP contribution is -2.22. The molecule has 4 nitrogen and oxygen atoms in total. The van der Waals surface area contributed by atoms with E-state index in [4.69, 9.17) is 4.74 Å². The van der Waals surface area contributed by atoms with Crippen LogP contribution in [-0.4, -0.2) is 17.6 Å². The molecule has 0 amide bonds. The molecule has 0 fully saturated rings. The molecule has 3 rings (SSSR count). The van der Waals surface area contributed by atoms with E-state index < -0.39 is 5.97 Å². The molecule has 3 aromatic rings. The second kappa shape index (κ2) is 5.46. The second-order valence-corrected chi connectivity index (χ2v) is 5.28. The van der Waals surface area contributed by atoms with Crippen molar-refractivity contribution in [1.29, 1.82) is 0 Å². The Hall–Kier alpha value is -2.53. The molecule has 0 saturated carbocycles. The van der Waals surface area contributed by atoms with Gasteiger partial charge in [-0.25, -0.2) is 0 Å². The molecular weight excluding hydrogens is 286 g/mol. The molecular formula is C16H12NO3S-. The fourth-order valence-electron chi connectivity index (χ4n) is 2.29. The number of hydrogen-bond donors (Lipinski definition) is 0. The molecule has 0 aliphatic rings. The third kappa shape index (κ3) is 2.32. The van der Waals surface area contributed by atoms with Gasteiger partial charge in [0.1, 0.15) is 5.75 Å². The SMILES string of the molecule is COc1ccccc1-c1csc(C(=O)[O-])c1-n1cccc1. The maximum Gasteiger partial charge on any atom is 0.126 e. The van der Waals surface area contributed by atoms with Crippen molar-refractivity contribution < 1.29 is 14.6 Å². The van der Waals surface area contributed by atoms with Crippen LogP contribution in [0.5, 0.6) is 5.75 Å². The molecule has 0 saturated heterocycles. The summed E-state index contributed by atoms with van der Waals surface area (Å²) < 4.78 is 7.16. The summed E-state index contributed by atoms with van der Waals surface area (Å²) in [6.45, 7) is 0. The van der Waals surface area contributed by atoms with E-state index in [9.17, 15) is 9.90 Å². The minimum atomic E-state index is -1.18. The van der Waals surface area contributed by atoms with Crippen molar-refractivity contribution in [2.45, 2.75) is 0 Å². The number of carboxylic acid groups (broad SMARTS) is 1. The summed E-state index contributed by atoms with van der Waals surface area (Å²) in [7, 11) is 1.60. The summed E-state index contributed by atoms with van der Waals surface area (Å²) in [6.07, 6.45) is 3.63. The Morgan fingerprint density at radius 2 is 1.86 bits per heavy atom. The van der Waals surface area contributed by atoms with E-state index >= 15 is 0 Å². The molecule has 2 aromatic heterocycles. The summed E-state index contributed by atoms with van der Waals surface area (Å²) in [4.78, 5) is 11.6. The highest BCUT2D eigenvalue weighted by Crippen LogP contribution is 2.39. The largest absolute Gasteiger partial charge is 0.544 e. The zero-order chi connectivity index (χ0) is 14.8. The van der Waals surface area contributed by atoms with Gasteiger partial charge in [0.15, 0.2) is 0 Å². The van der Waals surface area contributed by atoms with Gasteiger partial charge in [0.05, 0.1) is 23.6 Å². The Morgan fingerprint density at radius 1 is 1.14 bits per heavy atom. The quantitative estimate of drug-likeness (QED) is 0.744. The highest BCUT2D eigenvalue weighted by Gasteiger charge is 2.17. The Morgan fingerprint density at radius 3 is 2.52 bits per heavy atom. The maximum absolute atomic E-state index is 11.4. The normalized spacial score (nSPS) is 10.5. The van der Waals surface area contributed by atoms with Crippen molar-refractivity contribution >= 4 is 17.3 Å². The number of hydrogen-bond acceptors (Lipinski definition) is 4. The molecule has 106 valence electrons. The van der Waals surface area contributed by atoms with Crippen LogP contribution in [-0.2, 0) is 0 Å². The number of aromatic carboxylic acids is 1. The molecule has 0 unspecified atom stereocenters. The molecule has 1 aromatic carbocycles. The van der Waals surface area contributed by atoms with Crippen LogP contribution in [0.1, 0.15) is 9.67 Å². The van der Waals surface area contributed by atoms with Crippen LogP contribution in [0.25, 0.3) is 16.8 Å². The summed E-state index contributed by atoms with van der Waals surface area (Å²) in [5, 5.41) is 13.2. The third-order valence-electron chi connectivity index (χ3n) is 3.21. The number of rotatable bonds is 4. The van der Waals surface area contributed by atoms with Gasteiger partial charge in [-0.1, -0.05) is 18.2 Å². The standard InChI is InChI=1S/C16H13NO3S/c1-20-13-7-3-2-6-11(13)12-10-21-15(16(18)19)14(12)17-8-4-5-9-17/h2-10H,1H3,(H,18,19)/p-1. The van der Waals surface area contributed by atoms with Gasteiger partial charge in [0.25, 0.3) is 0 Å². The van der Waals surface area contributed by atoms with Gasteiger partial charge in [-0.3, -0.25) is 0 Å². The van der Waals surface area contributed by atoms with Crippen LogP contribution in [0.3, 0.4) is 0 Å². The second-order valence-electron chi connectivity index (χ2n) is 4.41. The highest BCUT2D eigenvalue weighted by atomic mass is 32.1. The summed E-state index contributed by atoms with van der Waals surface area (Å²) in [5.74, 6) is -0.474. The van der Waals surface area contributed by atoms with Crippen molar-refractivity contribution in [3.8, 4) is 22.6 Å². The van der Waals surface area contributed by atoms with Crippen molar-refractivity contribution in [1.82, 2.24) is 4.57 Å². The van der Waals surface area contributed by atoms with Crippen LogP contribution >= 0.6 is 11.3 Å². The van der Waals surface area contributed by atoms with Gasteiger partial charge in [-0.2, -0.15) is 0 Å². The van der Waals surface area contributed by atoms with Crippen LogP contribution in [0.4, 0.5) is 0 Å². The first kappa shape index (κ1) is 13.5. The van der Waals surface area contributed by atoms with E-state index in [1.807, 2.05) is 54.2 Å². The molecule has 0 spiro atoms. The van der Waals surface area contributed by atoms with Crippen LogP contribution in [0.2, 0.25) is 0 Å². The predicted molar refractivity (Wildman–Crippen MR) is 80.0 cm³/mol. The van der Waals surface area contributed by atoms with E-state index in [2.05, 4.69) is 0 Å². The number of carbonyl (C=O) groups is 1. The molecule has 0 atom stereocenters.